The number of nitrogens with zero attached hydrogens (tertiary/aromatic N) is 1. The summed E-state index contributed by atoms with van der Waals surface area (Å²) in [4.78, 5) is 2.35. The number of ether oxygens (including phenoxy) is 1. The van der Waals surface area contributed by atoms with Crippen molar-refractivity contribution in [2.75, 3.05) is 20.2 Å². The van der Waals surface area contributed by atoms with Gasteiger partial charge in [-0.1, -0.05) is 78.9 Å². The van der Waals surface area contributed by atoms with Crippen LogP contribution in [0.4, 0.5) is 0 Å². The normalized spacial score (nSPS) is 22.1. The molecule has 2 bridgehead atoms. The van der Waals surface area contributed by atoms with E-state index < -0.39 is 0 Å². The maximum absolute atomic E-state index is 6.78. The molecule has 3 aromatic rings. The minimum absolute atomic E-state index is 0.282. The Kier molecular flexibility index (Phi) is 4.54. The Morgan fingerprint density at radius 3 is 2.14 bits per heavy atom. The van der Waals surface area contributed by atoms with Gasteiger partial charge in [0.05, 0.1) is 6.61 Å². The van der Waals surface area contributed by atoms with E-state index in [-0.39, 0.29) is 5.60 Å². The molecular weight excluding hydrogens is 342 g/mol. The largest absolute Gasteiger partial charge is 0.364 e. The van der Waals surface area contributed by atoms with E-state index in [2.05, 4.69) is 90.8 Å². The van der Waals surface area contributed by atoms with Crippen LogP contribution < -0.4 is 0 Å². The molecule has 0 saturated heterocycles. The molecule has 0 atom stereocenters. The third-order valence-corrected chi connectivity index (χ3v) is 6.44. The van der Waals surface area contributed by atoms with Gasteiger partial charge < -0.3 is 4.74 Å². The molecule has 0 N–H and O–H groups in total. The summed E-state index contributed by atoms with van der Waals surface area (Å²) in [5, 5.41) is 0. The predicted octanol–water partition coefficient (Wildman–Crippen LogP) is 5.32. The van der Waals surface area contributed by atoms with Crippen molar-refractivity contribution in [3.8, 4) is 0 Å². The van der Waals surface area contributed by atoms with Crippen molar-refractivity contribution in [1.82, 2.24) is 4.90 Å². The summed E-state index contributed by atoms with van der Waals surface area (Å²) in [7, 11) is 2.17. The van der Waals surface area contributed by atoms with Gasteiger partial charge in [-0.2, -0.15) is 0 Å². The molecule has 6 rings (SSSR count). The molecule has 0 aliphatic heterocycles. The van der Waals surface area contributed by atoms with Gasteiger partial charge in [-0.25, -0.2) is 0 Å². The van der Waals surface area contributed by atoms with Crippen LogP contribution in [0.5, 0.6) is 0 Å². The molecule has 3 aliphatic carbocycles. The van der Waals surface area contributed by atoms with Crippen LogP contribution in [0.3, 0.4) is 0 Å². The van der Waals surface area contributed by atoms with Crippen LogP contribution in [0.25, 0.3) is 0 Å². The van der Waals surface area contributed by atoms with Gasteiger partial charge in [0.15, 0.2) is 0 Å². The molecule has 0 spiro atoms. The Labute approximate surface area is 167 Å². The van der Waals surface area contributed by atoms with Gasteiger partial charge >= 0.3 is 0 Å². The van der Waals surface area contributed by atoms with Crippen molar-refractivity contribution in [2.45, 2.75) is 30.9 Å². The highest BCUT2D eigenvalue weighted by Gasteiger charge is 2.48. The first kappa shape index (κ1) is 17.7. The molecule has 0 amide bonds. The van der Waals surface area contributed by atoms with Crippen LogP contribution in [-0.4, -0.2) is 25.1 Å². The average Bonchev–Trinajstić information content (AvgIpc) is 2.75. The first-order valence-electron chi connectivity index (χ1n) is 10.3. The van der Waals surface area contributed by atoms with E-state index >= 15 is 0 Å². The third-order valence-electron chi connectivity index (χ3n) is 6.44. The maximum atomic E-state index is 6.78. The van der Waals surface area contributed by atoms with Crippen molar-refractivity contribution < 1.29 is 4.74 Å². The maximum Gasteiger partial charge on any atom is 0.119 e. The average molecular weight is 370 g/mol. The number of benzene rings is 3. The Hall–Kier alpha value is -2.42. The van der Waals surface area contributed by atoms with E-state index in [1.54, 1.807) is 0 Å². The third kappa shape index (κ3) is 2.88. The van der Waals surface area contributed by atoms with Crippen LogP contribution in [0.15, 0.2) is 78.9 Å². The number of fused-ring (bicyclic) bond motifs is 1. The van der Waals surface area contributed by atoms with E-state index in [1.165, 1.54) is 34.2 Å². The van der Waals surface area contributed by atoms with Gasteiger partial charge in [-0.15, -0.1) is 0 Å². The fraction of sp³-hybridized carbons (Fsp3) is 0.308. The first-order valence-corrected chi connectivity index (χ1v) is 10.3. The lowest BCUT2D eigenvalue weighted by Gasteiger charge is -2.49. The lowest BCUT2D eigenvalue weighted by molar-refractivity contribution is -0.0455. The Morgan fingerprint density at radius 2 is 1.46 bits per heavy atom. The second kappa shape index (κ2) is 7.20. The smallest absolute Gasteiger partial charge is 0.119 e. The van der Waals surface area contributed by atoms with E-state index in [1.807, 2.05) is 0 Å². The van der Waals surface area contributed by atoms with Gasteiger partial charge in [0.1, 0.15) is 5.60 Å². The number of hydrogen-bond acceptors (Lipinski definition) is 2. The number of likely N-dealkylation sites (N-methyl/N-ethyl adjacent to an activating group) is 1. The molecule has 0 heterocycles. The molecule has 2 nitrogen and oxygen atoms in total. The summed E-state index contributed by atoms with van der Waals surface area (Å²) >= 11 is 0. The fourth-order valence-corrected chi connectivity index (χ4v) is 5.16. The number of hydrogen-bond donors (Lipinski definition) is 0. The second-order valence-electron chi connectivity index (χ2n) is 8.16. The zero-order chi connectivity index (χ0) is 19.0. The van der Waals surface area contributed by atoms with Crippen molar-refractivity contribution in [1.29, 1.82) is 0 Å². The van der Waals surface area contributed by atoms with Gasteiger partial charge in [0.25, 0.3) is 0 Å². The highest BCUT2D eigenvalue weighted by atomic mass is 16.5. The Morgan fingerprint density at radius 1 is 0.857 bits per heavy atom. The molecule has 0 fully saturated rings. The van der Waals surface area contributed by atoms with E-state index in [9.17, 15) is 0 Å². The van der Waals surface area contributed by atoms with Crippen LogP contribution in [0.1, 0.15) is 46.6 Å². The molecule has 0 unspecified atom stereocenters. The van der Waals surface area contributed by atoms with Crippen LogP contribution >= 0.6 is 0 Å². The highest BCUT2D eigenvalue weighted by Crippen LogP contribution is 2.56. The van der Waals surface area contributed by atoms with Crippen molar-refractivity contribution in [2.24, 2.45) is 0 Å². The van der Waals surface area contributed by atoms with E-state index in [4.69, 9.17) is 4.74 Å². The summed E-state index contributed by atoms with van der Waals surface area (Å²) < 4.78 is 6.78. The summed E-state index contributed by atoms with van der Waals surface area (Å²) in [6, 6.07) is 28.5. The molecule has 0 radical (unpaired) electrons. The molecule has 0 aromatic heterocycles. The summed E-state index contributed by atoms with van der Waals surface area (Å²) in [5.74, 6) is 0.527. The van der Waals surface area contributed by atoms with Gasteiger partial charge in [0, 0.05) is 19.0 Å². The topological polar surface area (TPSA) is 12.5 Å². The lowest BCUT2D eigenvalue weighted by Crippen LogP contribution is -2.43. The number of rotatable bonds is 6. The van der Waals surface area contributed by atoms with Crippen LogP contribution in [-0.2, 0) is 16.9 Å². The predicted molar refractivity (Wildman–Crippen MR) is 113 cm³/mol. The highest BCUT2D eigenvalue weighted by molar-refractivity contribution is 5.57. The van der Waals surface area contributed by atoms with Crippen molar-refractivity contribution >= 4 is 0 Å². The van der Waals surface area contributed by atoms with Gasteiger partial charge in [-0.3, -0.25) is 4.90 Å². The lowest BCUT2D eigenvalue weighted by atomic mass is 9.61. The van der Waals surface area contributed by atoms with Gasteiger partial charge in [0.2, 0.25) is 0 Å². The first-order chi connectivity index (χ1) is 13.8. The standard InChI is InChI=1S/C26H27NO/c1-27(19-20-9-3-2-4-10-20)17-18-28-26-16-15-21(22-11-5-7-13-24(22)26)23-12-6-8-14-25(23)26/h2-14,21H,15-19H2,1H3. The molecular formula is C26H27NO. The van der Waals surface area contributed by atoms with E-state index in [0.29, 0.717) is 5.92 Å². The molecule has 28 heavy (non-hydrogen) atoms. The molecule has 142 valence electrons. The summed E-state index contributed by atoms with van der Waals surface area (Å²) in [5.41, 5.74) is 6.76. The van der Waals surface area contributed by atoms with Crippen LogP contribution in [0, 0.1) is 0 Å². The van der Waals surface area contributed by atoms with Crippen molar-refractivity contribution in [3.63, 3.8) is 0 Å². The van der Waals surface area contributed by atoms with E-state index in [0.717, 1.165) is 26.1 Å². The van der Waals surface area contributed by atoms with Crippen molar-refractivity contribution in [3.05, 3.63) is 107 Å². The molecule has 2 heteroatoms. The second-order valence-corrected chi connectivity index (χ2v) is 8.16. The summed E-state index contributed by atoms with van der Waals surface area (Å²) in [6.45, 7) is 2.60. The summed E-state index contributed by atoms with van der Waals surface area (Å²) in [6.07, 6.45) is 2.25. The molecule has 3 aliphatic rings. The Bertz CT molecular complexity index is 917. The Balaban J connectivity index is 1.37. The van der Waals surface area contributed by atoms with Crippen LogP contribution in [0.2, 0.25) is 0 Å². The molecule has 3 aromatic carbocycles. The van der Waals surface area contributed by atoms with Gasteiger partial charge in [-0.05, 0) is 47.7 Å². The molecule has 0 saturated carbocycles. The minimum Gasteiger partial charge on any atom is -0.364 e. The SMILES string of the molecule is CN(CCOC12CCC(c3ccccc31)c1ccccc12)Cc1ccccc1. The quantitative estimate of drug-likeness (QED) is 0.583. The zero-order valence-electron chi connectivity index (χ0n) is 16.5. The minimum atomic E-state index is -0.282. The fourth-order valence-electron chi connectivity index (χ4n) is 5.16. The monoisotopic (exact) mass is 369 g/mol. The zero-order valence-corrected chi connectivity index (χ0v) is 16.5.